The summed E-state index contributed by atoms with van der Waals surface area (Å²) >= 11 is 0. The highest BCUT2D eigenvalue weighted by Gasteiger charge is 2.63. The van der Waals surface area contributed by atoms with Crippen LogP contribution in [0.25, 0.3) is 0 Å². The van der Waals surface area contributed by atoms with Gasteiger partial charge in [0, 0.05) is 0 Å². The molecule has 0 saturated carbocycles. The lowest BCUT2D eigenvalue weighted by molar-refractivity contribution is -0.770. The molecule has 3 aliphatic heterocycles. The number of carbonyl (C=O) groups is 2. The van der Waals surface area contributed by atoms with Crippen molar-refractivity contribution in [3.05, 3.63) is 0 Å². The number of hydrogen-bond acceptors (Lipinski definition) is 4. The maximum atomic E-state index is 12.5. The third kappa shape index (κ3) is 1.76. The van der Waals surface area contributed by atoms with Gasteiger partial charge in [0.15, 0.2) is 5.54 Å². The van der Waals surface area contributed by atoms with Gasteiger partial charge >= 0.3 is 11.9 Å². The topological polar surface area (TPSA) is 71.2 Å². The van der Waals surface area contributed by atoms with Crippen molar-refractivity contribution in [2.45, 2.75) is 31.6 Å². The number of ether oxygens (including phenoxy) is 2. The van der Waals surface area contributed by atoms with Crippen LogP contribution < -0.4 is 5.32 Å². The van der Waals surface area contributed by atoms with Crippen LogP contribution in [0, 0.1) is 0 Å². The summed E-state index contributed by atoms with van der Waals surface area (Å²) in [4.78, 5) is 24.6. The Morgan fingerprint density at radius 1 is 1.24 bits per heavy atom. The zero-order valence-corrected chi connectivity index (χ0v) is 10.1. The Morgan fingerprint density at radius 2 is 1.71 bits per heavy atom. The first-order valence-corrected chi connectivity index (χ1v) is 5.92. The summed E-state index contributed by atoms with van der Waals surface area (Å²) in [6.45, 7) is 5.66. The van der Waals surface area contributed by atoms with Gasteiger partial charge in [-0.3, -0.25) is 5.32 Å². The first-order chi connectivity index (χ1) is 7.94. The van der Waals surface area contributed by atoms with Crippen LogP contribution in [0.1, 0.15) is 13.8 Å². The van der Waals surface area contributed by atoms with E-state index in [1.807, 2.05) is 0 Å². The van der Waals surface area contributed by atoms with Gasteiger partial charge in [-0.1, -0.05) is 0 Å². The lowest BCUT2D eigenvalue weighted by atomic mass is 10.1. The quantitative estimate of drug-likeness (QED) is 0.414. The Balaban J connectivity index is 1.90. The normalized spacial score (nSPS) is 42.5. The Hall–Kier alpha value is -0.980. The SMILES string of the molecule is CC1(C)NC(=O)[N+](CC2CO2)(CC2CO2)C1=O. The van der Waals surface area contributed by atoms with Gasteiger partial charge in [-0.25, -0.2) is 9.59 Å². The molecule has 0 radical (unpaired) electrons. The monoisotopic (exact) mass is 241 g/mol. The molecule has 2 unspecified atom stereocenters. The smallest absolute Gasteiger partial charge is 0.367 e. The molecule has 0 aromatic carbocycles. The number of nitrogens with one attached hydrogen (secondary N) is 1. The van der Waals surface area contributed by atoms with Crippen LogP contribution in [0.4, 0.5) is 4.79 Å². The summed E-state index contributed by atoms with van der Waals surface area (Å²) in [5, 5.41) is 2.77. The zero-order chi connectivity index (χ0) is 12.3. The van der Waals surface area contributed by atoms with E-state index in [0.29, 0.717) is 26.3 Å². The molecule has 3 aliphatic rings. The van der Waals surface area contributed by atoms with Gasteiger partial charge in [0.25, 0.3) is 0 Å². The van der Waals surface area contributed by atoms with Gasteiger partial charge in [-0.2, -0.15) is 4.48 Å². The Labute approximate surface area is 99.4 Å². The van der Waals surface area contributed by atoms with Crippen molar-refractivity contribution in [1.82, 2.24) is 5.32 Å². The predicted molar refractivity (Wildman–Crippen MR) is 57.1 cm³/mol. The maximum Gasteiger partial charge on any atom is 0.425 e. The molecular weight excluding hydrogens is 224 g/mol. The predicted octanol–water partition coefficient (Wildman–Crippen LogP) is -0.371. The van der Waals surface area contributed by atoms with Crippen molar-refractivity contribution >= 4 is 11.9 Å². The summed E-state index contributed by atoms with van der Waals surface area (Å²) in [6, 6.07) is -0.217. The third-order valence-electron chi connectivity index (χ3n) is 3.57. The molecule has 2 atom stereocenters. The fraction of sp³-hybridized carbons (Fsp3) is 0.818. The number of carbonyl (C=O) groups excluding carboxylic acids is 2. The molecule has 0 bridgehead atoms. The van der Waals surface area contributed by atoms with E-state index in [2.05, 4.69) is 5.32 Å². The highest BCUT2D eigenvalue weighted by molar-refractivity contribution is 5.97. The molecule has 0 aromatic heterocycles. The van der Waals surface area contributed by atoms with Gasteiger partial charge in [-0.15, -0.1) is 0 Å². The average Bonchev–Trinajstić information content (AvgIpc) is 3.08. The van der Waals surface area contributed by atoms with E-state index >= 15 is 0 Å². The van der Waals surface area contributed by atoms with Gasteiger partial charge in [0.1, 0.15) is 25.3 Å². The van der Waals surface area contributed by atoms with Crippen molar-refractivity contribution in [3.63, 3.8) is 0 Å². The van der Waals surface area contributed by atoms with Crippen molar-refractivity contribution < 1.29 is 23.5 Å². The van der Waals surface area contributed by atoms with Crippen LogP contribution in [0.2, 0.25) is 0 Å². The van der Waals surface area contributed by atoms with E-state index in [1.54, 1.807) is 13.8 Å². The minimum atomic E-state index is -0.791. The highest BCUT2D eigenvalue weighted by atomic mass is 16.6. The lowest BCUT2D eigenvalue weighted by Gasteiger charge is -2.26. The summed E-state index contributed by atoms with van der Waals surface area (Å²) in [6.07, 6.45) is 0.0784. The standard InChI is InChI=1S/C11H16N2O4/c1-11(2)9(14)13(10(15)12-11,3-7-5-16-7)4-8-6-17-8/h7-8H,3-6H2,1-2H3/p+1. The number of urea groups is 1. The average molecular weight is 241 g/mol. The number of nitrogens with zero attached hydrogens (tertiary/aromatic N) is 1. The minimum absolute atomic E-state index is 0.0392. The van der Waals surface area contributed by atoms with Crippen LogP contribution in [0.3, 0.4) is 0 Å². The van der Waals surface area contributed by atoms with Crippen LogP contribution >= 0.6 is 0 Å². The summed E-state index contributed by atoms with van der Waals surface area (Å²) < 4.78 is 10.2. The first kappa shape index (κ1) is 11.1. The maximum absolute atomic E-state index is 12.5. The molecule has 3 rings (SSSR count). The molecule has 0 aliphatic carbocycles. The van der Waals surface area contributed by atoms with Crippen molar-refractivity contribution in [2.75, 3.05) is 26.3 Å². The fourth-order valence-corrected chi connectivity index (χ4v) is 2.50. The molecule has 3 saturated heterocycles. The van der Waals surface area contributed by atoms with Crippen molar-refractivity contribution in [3.8, 4) is 0 Å². The molecule has 0 aromatic rings. The van der Waals surface area contributed by atoms with Crippen LogP contribution in [0.15, 0.2) is 0 Å². The van der Waals surface area contributed by atoms with Gasteiger partial charge in [0.05, 0.1) is 13.2 Å². The molecule has 0 spiro atoms. The van der Waals surface area contributed by atoms with E-state index in [1.165, 1.54) is 0 Å². The Kier molecular flexibility index (Phi) is 2.14. The molecule has 6 heteroatoms. The number of rotatable bonds is 4. The zero-order valence-electron chi connectivity index (χ0n) is 10.1. The largest absolute Gasteiger partial charge is 0.425 e. The lowest BCUT2D eigenvalue weighted by Crippen LogP contribution is -2.58. The molecule has 17 heavy (non-hydrogen) atoms. The fourth-order valence-electron chi connectivity index (χ4n) is 2.50. The Bertz CT molecular complexity index is 371. The molecule has 1 N–H and O–H groups in total. The van der Waals surface area contributed by atoms with Crippen LogP contribution in [-0.4, -0.2) is 60.5 Å². The molecule has 3 heterocycles. The first-order valence-electron chi connectivity index (χ1n) is 5.92. The third-order valence-corrected chi connectivity index (χ3v) is 3.57. The van der Waals surface area contributed by atoms with Crippen molar-refractivity contribution in [2.24, 2.45) is 0 Å². The second-order valence-corrected chi connectivity index (χ2v) is 5.60. The number of amides is 3. The second kappa shape index (κ2) is 3.28. The molecule has 6 nitrogen and oxygen atoms in total. The molecule has 3 amide bonds. The molecule has 94 valence electrons. The number of hydrogen-bond donors (Lipinski definition) is 1. The number of imide groups is 1. The highest BCUT2D eigenvalue weighted by Crippen LogP contribution is 2.31. The van der Waals surface area contributed by atoms with Crippen LogP contribution in [0.5, 0.6) is 0 Å². The van der Waals surface area contributed by atoms with Gasteiger partial charge in [0.2, 0.25) is 0 Å². The van der Waals surface area contributed by atoms with Crippen LogP contribution in [-0.2, 0) is 14.3 Å². The second-order valence-electron chi connectivity index (χ2n) is 5.60. The number of epoxide rings is 2. The number of quaternary nitrogens is 1. The van der Waals surface area contributed by atoms with Gasteiger partial charge in [-0.05, 0) is 13.8 Å². The Morgan fingerprint density at radius 3 is 2.00 bits per heavy atom. The van der Waals surface area contributed by atoms with Crippen molar-refractivity contribution in [1.29, 1.82) is 0 Å². The molecule has 3 fully saturated rings. The summed E-state index contributed by atoms with van der Waals surface area (Å²) in [5.74, 6) is -0.0755. The van der Waals surface area contributed by atoms with E-state index in [-0.39, 0.29) is 28.6 Å². The molecular formula is C11H17N2O4+. The minimum Gasteiger partial charge on any atom is -0.367 e. The summed E-state index contributed by atoms with van der Waals surface area (Å²) in [7, 11) is 0. The van der Waals surface area contributed by atoms with E-state index in [4.69, 9.17) is 9.47 Å². The van der Waals surface area contributed by atoms with E-state index < -0.39 is 5.54 Å². The summed E-state index contributed by atoms with van der Waals surface area (Å²) in [5.41, 5.74) is -0.791. The van der Waals surface area contributed by atoms with E-state index in [9.17, 15) is 9.59 Å². The van der Waals surface area contributed by atoms with Gasteiger partial charge < -0.3 is 9.47 Å². The van der Waals surface area contributed by atoms with E-state index in [0.717, 1.165) is 0 Å².